The minimum atomic E-state index is 0.655. The largest absolute Gasteiger partial charge is 0.354 e. The van der Waals surface area contributed by atoms with Gasteiger partial charge in [0.05, 0.1) is 6.20 Å². The highest BCUT2D eigenvalue weighted by atomic mass is 16.5. The molecule has 3 rings (SSSR count). The van der Waals surface area contributed by atoms with E-state index in [4.69, 9.17) is 4.52 Å². The summed E-state index contributed by atoms with van der Waals surface area (Å²) >= 11 is 0. The maximum atomic E-state index is 5.45. The second-order valence-electron chi connectivity index (χ2n) is 6.23. The summed E-state index contributed by atoms with van der Waals surface area (Å²) in [4.78, 5) is 7.56. The van der Waals surface area contributed by atoms with E-state index in [1.54, 1.807) is 6.20 Å². The standard InChI is InChI=1S/C20H25N5O/c1-15(9-5-4-8-12-21-2)23-20-22-14-18(24-20)19-13-17(25-26-19)16-10-6-3-7-11-16/h3,6-7,10-11,13-14,21H,1,4-5,8-9,12H2,2H3,(H2,22,23,24). The normalized spacial score (nSPS) is 10.8. The number of benzene rings is 1. The Kier molecular flexibility index (Phi) is 6.22. The Morgan fingerprint density at radius 2 is 2.04 bits per heavy atom. The predicted octanol–water partition coefficient (Wildman–Crippen LogP) is 4.44. The summed E-state index contributed by atoms with van der Waals surface area (Å²) in [6, 6.07) is 11.8. The van der Waals surface area contributed by atoms with Gasteiger partial charge in [0.15, 0.2) is 5.76 Å². The molecule has 26 heavy (non-hydrogen) atoms. The lowest BCUT2D eigenvalue weighted by molar-refractivity contribution is 0.434. The number of anilines is 1. The Bertz CT molecular complexity index is 822. The molecule has 6 nitrogen and oxygen atoms in total. The molecule has 136 valence electrons. The Balaban J connectivity index is 1.55. The molecule has 0 aliphatic heterocycles. The van der Waals surface area contributed by atoms with Gasteiger partial charge in [0.1, 0.15) is 11.4 Å². The van der Waals surface area contributed by atoms with E-state index in [1.807, 2.05) is 43.4 Å². The number of aromatic amines is 1. The number of nitrogens with zero attached hydrogens (tertiary/aromatic N) is 2. The maximum absolute atomic E-state index is 5.45. The minimum Gasteiger partial charge on any atom is -0.354 e. The van der Waals surface area contributed by atoms with Gasteiger partial charge in [-0.1, -0.05) is 48.5 Å². The second kappa shape index (κ2) is 9.01. The van der Waals surface area contributed by atoms with Gasteiger partial charge in [-0.25, -0.2) is 4.98 Å². The second-order valence-corrected chi connectivity index (χ2v) is 6.23. The van der Waals surface area contributed by atoms with Crippen molar-refractivity contribution in [3.8, 4) is 22.7 Å². The predicted molar refractivity (Wildman–Crippen MR) is 105 cm³/mol. The summed E-state index contributed by atoms with van der Waals surface area (Å²) in [5.41, 5.74) is 3.56. The van der Waals surface area contributed by atoms with E-state index < -0.39 is 0 Å². The van der Waals surface area contributed by atoms with Crippen molar-refractivity contribution in [1.29, 1.82) is 0 Å². The average molecular weight is 351 g/mol. The molecule has 0 radical (unpaired) electrons. The Morgan fingerprint density at radius 3 is 2.85 bits per heavy atom. The Hall–Kier alpha value is -2.86. The highest BCUT2D eigenvalue weighted by molar-refractivity contribution is 5.65. The van der Waals surface area contributed by atoms with Crippen molar-refractivity contribution in [2.24, 2.45) is 0 Å². The molecule has 0 atom stereocenters. The van der Waals surface area contributed by atoms with Crippen molar-refractivity contribution in [1.82, 2.24) is 20.4 Å². The van der Waals surface area contributed by atoms with Crippen LogP contribution in [0.15, 0.2) is 59.4 Å². The van der Waals surface area contributed by atoms with E-state index in [-0.39, 0.29) is 0 Å². The highest BCUT2D eigenvalue weighted by Gasteiger charge is 2.11. The molecular formula is C20H25N5O. The zero-order chi connectivity index (χ0) is 18.2. The van der Waals surface area contributed by atoms with Crippen molar-refractivity contribution < 1.29 is 4.52 Å². The fourth-order valence-electron chi connectivity index (χ4n) is 2.70. The topological polar surface area (TPSA) is 78.8 Å². The van der Waals surface area contributed by atoms with Gasteiger partial charge in [0.25, 0.3) is 0 Å². The number of rotatable bonds is 10. The smallest absolute Gasteiger partial charge is 0.204 e. The number of aromatic nitrogens is 3. The SMILES string of the molecule is C=C(CCCCCNC)Nc1ncc(-c2cc(-c3ccccc3)no2)[nH]1. The van der Waals surface area contributed by atoms with Crippen LogP contribution in [-0.4, -0.2) is 28.7 Å². The number of H-pyrrole nitrogens is 1. The fraction of sp³-hybridized carbons (Fsp3) is 0.300. The molecule has 0 saturated heterocycles. The van der Waals surface area contributed by atoms with Crippen LogP contribution in [0, 0.1) is 0 Å². The molecule has 0 unspecified atom stereocenters. The molecule has 0 saturated carbocycles. The van der Waals surface area contributed by atoms with Crippen LogP contribution in [0.2, 0.25) is 0 Å². The van der Waals surface area contributed by atoms with Gasteiger partial charge in [0.2, 0.25) is 5.95 Å². The highest BCUT2D eigenvalue weighted by Crippen LogP contribution is 2.25. The first kappa shape index (κ1) is 17.9. The zero-order valence-electron chi connectivity index (χ0n) is 15.1. The van der Waals surface area contributed by atoms with Crippen LogP contribution in [0.1, 0.15) is 25.7 Å². The van der Waals surface area contributed by atoms with Gasteiger partial charge in [-0.2, -0.15) is 0 Å². The van der Waals surface area contributed by atoms with E-state index in [0.717, 1.165) is 42.0 Å². The Labute approximate surface area is 153 Å². The summed E-state index contributed by atoms with van der Waals surface area (Å²) < 4.78 is 5.45. The summed E-state index contributed by atoms with van der Waals surface area (Å²) in [6.07, 6.45) is 6.15. The fourth-order valence-corrected chi connectivity index (χ4v) is 2.70. The first-order valence-corrected chi connectivity index (χ1v) is 8.93. The van der Waals surface area contributed by atoms with E-state index in [2.05, 4.69) is 32.3 Å². The summed E-state index contributed by atoms with van der Waals surface area (Å²) in [6.45, 7) is 5.13. The van der Waals surface area contributed by atoms with Gasteiger partial charge in [-0.3, -0.25) is 0 Å². The molecule has 3 N–H and O–H groups in total. The molecule has 0 amide bonds. The molecule has 0 bridgehead atoms. The van der Waals surface area contributed by atoms with Gasteiger partial charge in [-0.05, 0) is 32.9 Å². The van der Waals surface area contributed by atoms with Crippen molar-refractivity contribution in [3.63, 3.8) is 0 Å². The van der Waals surface area contributed by atoms with Crippen LogP contribution < -0.4 is 10.6 Å². The molecule has 0 spiro atoms. The number of imidazole rings is 1. The van der Waals surface area contributed by atoms with Crippen LogP contribution in [0.4, 0.5) is 5.95 Å². The quantitative estimate of drug-likeness (QED) is 0.471. The third-order valence-electron chi connectivity index (χ3n) is 4.12. The number of hydrogen-bond acceptors (Lipinski definition) is 5. The van der Waals surface area contributed by atoms with E-state index in [9.17, 15) is 0 Å². The number of nitrogens with one attached hydrogen (secondary N) is 3. The van der Waals surface area contributed by atoms with E-state index >= 15 is 0 Å². The third kappa shape index (κ3) is 4.83. The maximum Gasteiger partial charge on any atom is 0.204 e. The lowest BCUT2D eigenvalue weighted by atomic mass is 10.1. The summed E-state index contributed by atoms with van der Waals surface area (Å²) in [7, 11) is 1.98. The number of allylic oxidation sites excluding steroid dienone is 1. The van der Waals surface area contributed by atoms with Crippen molar-refractivity contribution in [3.05, 3.63) is 54.9 Å². The molecule has 3 aromatic rings. The molecule has 0 aliphatic carbocycles. The number of unbranched alkanes of at least 4 members (excludes halogenated alkanes) is 2. The van der Waals surface area contributed by atoms with Crippen molar-refractivity contribution in [2.45, 2.75) is 25.7 Å². The van der Waals surface area contributed by atoms with Crippen molar-refractivity contribution in [2.75, 3.05) is 18.9 Å². The Morgan fingerprint density at radius 1 is 1.19 bits per heavy atom. The van der Waals surface area contributed by atoms with Crippen LogP contribution in [-0.2, 0) is 0 Å². The van der Waals surface area contributed by atoms with Gasteiger partial charge >= 0.3 is 0 Å². The molecule has 0 aliphatic rings. The summed E-state index contributed by atoms with van der Waals surface area (Å²) in [5.74, 6) is 1.32. The third-order valence-corrected chi connectivity index (χ3v) is 4.12. The minimum absolute atomic E-state index is 0.655. The van der Waals surface area contributed by atoms with Crippen LogP contribution in [0.5, 0.6) is 0 Å². The lowest BCUT2D eigenvalue weighted by Gasteiger charge is -2.06. The van der Waals surface area contributed by atoms with E-state index in [1.165, 1.54) is 12.8 Å². The van der Waals surface area contributed by atoms with Gasteiger partial charge < -0.3 is 20.1 Å². The molecular weight excluding hydrogens is 326 g/mol. The monoisotopic (exact) mass is 351 g/mol. The van der Waals surface area contributed by atoms with Crippen LogP contribution >= 0.6 is 0 Å². The first-order valence-electron chi connectivity index (χ1n) is 8.93. The van der Waals surface area contributed by atoms with Crippen molar-refractivity contribution >= 4 is 5.95 Å². The van der Waals surface area contributed by atoms with Crippen LogP contribution in [0.3, 0.4) is 0 Å². The molecule has 0 fully saturated rings. The molecule has 1 aromatic carbocycles. The zero-order valence-corrected chi connectivity index (χ0v) is 15.1. The van der Waals surface area contributed by atoms with Gasteiger partial charge in [0, 0.05) is 17.3 Å². The molecule has 6 heteroatoms. The average Bonchev–Trinajstić information content (AvgIpc) is 3.32. The molecule has 2 aromatic heterocycles. The lowest BCUT2D eigenvalue weighted by Crippen LogP contribution is -2.07. The first-order chi connectivity index (χ1) is 12.8. The van der Waals surface area contributed by atoms with Crippen LogP contribution in [0.25, 0.3) is 22.7 Å². The number of hydrogen-bond donors (Lipinski definition) is 3. The summed E-state index contributed by atoms with van der Waals surface area (Å²) in [5, 5.41) is 10.5. The van der Waals surface area contributed by atoms with E-state index in [0.29, 0.717) is 11.7 Å². The van der Waals surface area contributed by atoms with Gasteiger partial charge in [-0.15, -0.1) is 0 Å². The molecule has 2 heterocycles.